The summed E-state index contributed by atoms with van der Waals surface area (Å²) in [6.45, 7) is 4.34. The lowest BCUT2D eigenvalue weighted by Crippen LogP contribution is -2.55. The highest BCUT2D eigenvalue weighted by Crippen LogP contribution is 2.37. The third kappa shape index (κ3) is 8.81. The number of aldehydes is 1. The average Bonchev–Trinajstić information content (AvgIpc) is 2.92. The lowest BCUT2D eigenvalue weighted by Gasteiger charge is -2.40. The van der Waals surface area contributed by atoms with Crippen molar-refractivity contribution in [2.75, 3.05) is 26.8 Å². The molecule has 0 aliphatic heterocycles. The number of allylic oxidation sites excluding steroid dienone is 1. The normalized spacial score (nSPS) is 19.1. The third-order valence-electron chi connectivity index (χ3n) is 6.29. The van der Waals surface area contributed by atoms with Gasteiger partial charge in [-0.1, -0.05) is 39.2 Å². The van der Waals surface area contributed by atoms with Gasteiger partial charge in [-0.05, 0) is 59.7 Å². The predicted molar refractivity (Wildman–Crippen MR) is 153 cm³/mol. The van der Waals surface area contributed by atoms with E-state index in [1.54, 1.807) is 23.1 Å². The number of benzene rings is 1. The maximum atomic E-state index is 13.2. The highest BCUT2D eigenvalue weighted by atomic mass is 127. The number of nitrogens with zero attached hydrogens (tertiary/aromatic N) is 1. The predicted octanol–water partition coefficient (Wildman–Crippen LogP) is 3.40. The zero-order valence-corrected chi connectivity index (χ0v) is 24.5. The smallest absolute Gasteiger partial charge is 0.247 e. The lowest BCUT2D eigenvalue weighted by atomic mass is 9.88. The SMILES string of the molecule is CCC=CC(=O)N(CCCCCC)[C@@H]1CC(C(=O)NCCO)=C[C@H](Oc2c(I)cc(C=O)cc2OC)[C@H]1O. The first-order valence-corrected chi connectivity index (χ1v) is 14.1. The number of aliphatic hydroxyl groups is 2. The number of carbonyl (C=O) groups is 3. The van der Waals surface area contributed by atoms with E-state index in [9.17, 15) is 24.6 Å². The molecule has 1 aromatic rings. The molecule has 1 aliphatic carbocycles. The fourth-order valence-electron chi connectivity index (χ4n) is 4.30. The van der Waals surface area contributed by atoms with Crippen LogP contribution in [0.2, 0.25) is 0 Å². The van der Waals surface area contributed by atoms with E-state index < -0.39 is 24.2 Å². The second-order valence-corrected chi connectivity index (χ2v) is 10.2. The number of carbonyl (C=O) groups excluding carboxylic acids is 3. The van der Waals surface area contributed by atoms with Gasteiger partial charge in [0.1, 0.15) is 18.5 Å². The summed E-state index contributed by atoms with van der Waals surface area (Å²) in [4.78, 5) is 39.1. The van der Waals surface area contributed by atoms with Crippen molar-refractivity contribution in [2.24, 2.45) is 0 Å². The van der Waals surface area contributed by atoms with Crippen molar-refractivity contribution >= 4 is 40.7 Å². The molecule has 0 spiro atoms. The highest BCUT2D eigenvalue weighted by Gasteiger charge is 2.40. The Balaban J connectivity index is 2.48. The van der Waals surface area contributed by atoms with Crippen LogP contribution in [0.4, 0.5) is 0 Å². The average molecular weight is 643 g/mol. The van der Waals surface area contributed by atoms with E-state index in [0.29, 0.717) is 45.5 Å². The maximum absolute atomic E-state index is 13.2. The number of aliphatic hydroxyl groups excluding tert-OH is 2. The molecule has 9 nitrogen and oxygen atoms in total. The van der Waals surface area contributed by atoms with Gasteiger partial charge in [0.2, 0.25) is 11.8 Å². The van der Waals surface area contributed by atoms with Crippen molar-refractivity contribution < 1.29 is 34.1 Å². The molecule has 2 amide bonds. The summed E-state index contributed by atoms with van der Waals surface area (Å²) in [5, 5.41) is 23.3. The van der Waals surface area contributed by atoms with Gasteiger partial charge in [0, 0.05) is 30.6 Å². The third-order valence-corrected chi connectivity index (χ3v) is 7.09. The van der Waals surface area contributed by atoms with E-state index >= 15 is 0 Å². The Hall–Kier alpha value is -2.44. The van der Waals surface area contributed by atoms with E-state index in [0.717, 1.165) is 25.7 Å². The van der Waals surface area contributed by atoms with E-state index in [1.165, 1.54) is 19.3 Å². The molecule has 0 radical (unpaired) electrons. The first kappa shape index (κ1) is 31.8. The molecule has 2 rings (SSSR count). The minimum Gasteiger partial charge on any atom is -0.493 e. The van der Waals surface area contributed by atoms with Gasteiger partial charge in [0.25, 0.3) is 0 Å². The van der Waals surface area contributed by atoms with Crippen LogP contribution in [0.15, 0.2) is 35.9 Å². The Morgan fingerprint density at radius 2 is 2.00 bits per heavy atom. The molecule has 0 saturated carbocycles. The largest absolute Gasteiger partial charge is 0.493 e. The van der Waals surface area contributed by atoms with Gasteiger partial charge >= 0.3 is 0 Å². The van der Waals surface area contributed by atoms with E-state index in [4.69, 9.17) is 9.47 Å². The zero-order chi connectivity index (χ0) is 28.1. The molecule has 3 atom stereocenters. The summed E-state index contributed by atoms with van der Waals surface area (Å²) in [5.74, 6) is 0.00325. The van der Waals surface area contributed by atoms with Gasteiger partial charge in [-0.3, -0.25) is 14.4 Å². The summed E-state index contributed by atoms with van der Waals surface area (Å²) in [7, 11) is 1.45. The first-order chi connectivity index (χ1) is 18.3. The summed E-state index contributed by atoms with van der Waals surface area (Å²) in [5.41, 5.74) is 0.759. The van der Waals surface area contributed by atoms with E-state index in [2.05, 4.69) is 12.2 Å². The minimum atomic E-state index is -1.14. The number of hydrogen-bond acceptors (Lipinski definition) is 7. The molecular weight excluding hydrogens is 603 g/mol. The standard InChI is InChI=1S/C28H39IN2O7/c1-4-6-8-9-12-31(25(34)10-7-5-2)22-16-20(28(36)30-11-13-32)17-23(26(22)35)38-27-21(29)14-19(18-33)15-24(27)37-3/h7,10,14-15,17-18,22-23,26,32,35H,4-6,8-9,11-13,16H2,1-3H3,(H,30,36)/t22-,23+,26+/m1/s1. The second-order valence-electron chi connectivity index (χ2n) is 9.07. The quantitative estimate of drug-likeness (QED) is 0.116. The molecule has 210 valence electrons. The molecule has 1 aromatic carbocycles. The maximum Gasteiger partial charge on any atom is 0.247 e. The highest BCUT2D eigenvalue weighted by molar-refractivity contribution is 14.1. The Kier molecular flexibility index (Phi) is 13.8. The van der Waals surface area contributed by atoms with Crippen LogP contribution in [0, 0.1) is 3.57 Å². The number of ether oxygens (including phenoxy) is 2. The molecule has 10 heteroatoms. The minimum absolute atomic E-state index is 0.0761. The fraction of sp³-hybridized carbons (Fsp3) is 0.536. The summed E-state index contributed by atoms with van der Waals surface area (Å²) >= 11 is 2.02. The Morgan fingerprint density at radius 1 is 1.24 bits per heavy atom. The topological polar surface area (TPSA) is 125 Å². The number of rotatable bonds is 15. The summed E-state index contributed by atoms with van der Waals surface area (Å²) < 4.78 is 12.3. The van der Waals surface area contributed by atoms with Crippen molar-refractivity contribution in [3.8, 4) is 11.5 Å². The number of nitrogens with one attached hydrogen (secondary N) is 1. The lowest BCUT2D eigenvalue weighted by molar-refractivity contribution is -0.133. The van der Waals surface area contributed by atoms with E-state index in [-0.39, 0.29) is 25.5 Å². The molecule has 1 aliphatic rings. The van der Waals surface area contributed by atoms with Crippen LogP contribution in [-0.4, -0.2) is 78.3 Å². The van der Waals surface area contributed by atoms with Crippen LogP contribution in [0.25, 0.3) is 0 Å². The molecule has 38 heavy (non-hydrogen) atoms. The molecular formula is C28H39IN2O7. The molecule has 0 heterocycles. The Bertz CT molecular complexity index is 1010. The number of hydrogen-bond donors (Lipinski definition) is 3. The van der Waals surface area contributed by atoms with Gasteiger partial charge in [0.15, 0.2) is 11.5 Å². The monoisotopic (exact) mass is 642 g/mol. The summed E-state index contributed by atoms with van der Waals surface area (Å²) in [6.07, 6.45) is 8.05. The van der Waals surface area contributed by atoms with Crippen molar-refractivity contribution in [2.45, 2.75) is 70.6 Å². The Labute approximate surface area is 238 Å². The molecule has 0 aromatic heterocycles. The van der Waals surface area contributed by atoms with Crippen LogP contribution < -0.4 is 14.8 Å². The first-order valence-electron chi connectivity index (χ1n) is 13.0. The number of amides is 2. The van der Waals surface area contributed by atoms with Crippen LogP contribution in [0.3, 0.4) is 0 Å². The molecule has 0 bridgehead atoms. The molecule has 0 unspecified atom stereocenters. The molecule has 0 saturated heterocycles. The molecule has 3 N–H and O–H groups in total. The van der Waals surface area contributed by atoms with Gasteiger partial charge < -0.3 is 29.9 Å². The molecule has 0 fully saturated rings. The zero-order valence-electron chi connectivity index (χ0n) is 22.3. The van der Waals surface area contributed by atoms with Crippen LogP contribution in [0.5, 0.6) is 11.5 Å². The number of unbranched alkanes of at least 4 members (excludes halogenated alkanes) is 3. The second kappa shape index (κ2) is 16.5. The summed E-state index contributed by atoms with van der Waals surface area (Å²) in [6, 6.07) is 2.46. The van der Waals surface area contributed by atoms with E-state index in [1.807, 2.05) is 29.5 Å². The van der Waals surface area contributed by atoms with Crippen LogP contribution >= 0.6 is 22.6 Å². The van der Waals surface area contributed by atoms with Crippen molar-refractivity contribution in [3.05, 3.63) is 45.1 Å². The number of methoxy groups -OCH3 is 1. The van der Waals surface area contributed by atoms with Crippen LogP contribution in [-0.2, 0) is 9.59 Å². The Morgan fingerprint density at radius 3 is 2.63 bits per heavy atom. The van der Waals surface area contributed by atoms with Crippen LogP contribution in [0.1, 0.15) is 62.7 Å². The van der Waals surface area contributed by atoms with Gasteiger partial charge in [-0.2, -0.15) is 0 Å². The number of halogens is 1. The van der Waals surface area contributed by atoms with Gasteiger partial charge in [-0.15, -0.1) is 0 Å². The van der Waals surface area contributed by atoms with Gasteiger partial charge in [-0.25, -0.2) is 0 Å². The van der Waals surface area contributed by atoms with Crippen molar-refractivity contribution in [3.63, 3.8) is 0 Å². The fourth-order valence-corrected chi connectivity index (χ4v) is 5.05. The van der Waals surface area contributed by atoms with Crippen molar-refractivity contribution in [1.82, 2.24) is 10.2 Å². The van der Waals surface area contributed by atoms with Crippen molar-refractivity contribution in [1.29, 1.82) is 0 Å². The van der Waals surface area contributed by atoms with Gasteiger partial charge in [0.05, 0.1) is 23.3 Å².